The molecule has 10 heteroatoms. The number of hydrogen-bond donors (Lipinski definition) is 2. The Kier molecular flexibility index (Phi) is 9.35. The number of amides is 2. The van der Waals surface area contributed by atoms with Crippen LogP contribution in [0.5, 0.6) is 0 Å². The molecule has 198 valence electrons. The molecule has 1 aromatic rings. The maximum absolute atomic E-state index is 13.1. The van der Waals surface area contributed by atoms with E-state index < -0.39 is 29.9 Å². The molecule has 0 spiro atoms. The lowest BCUT2D eigenvalue weighted by atomic mass is 9.94. The second-order valence-electron chi connectivity index (χ2n) is 9.44. The van der Waals surface area contributed by atoms with Crippen LogP contribution in [0.4, 0.5) is 0 Å². The highest BCUT2D eigenvalue weighted by atomic mass is 16.5. The van der Waals surface area contributed by atoms with E-state index in [1.807, 2.05) is 20.8 Å². The monoisotopic (exact) mass is 511 g/mol. The first kappa shape index (κ1) is 27.8. The summed E-state index contributed by atoms with van der Waals surface area (Å²) < 4.78 is 11.1. The number of esters is 1. The highest BCUT2D eigenvalue weighted by Crippen LogP contribution is 2.24. The van der Waals surface area contributed by atoms with Gasteiger partial charge in [0.15, 0.2) is 11.5 Å². The predicted octanol–water partition coefficient (Wildman–Crippen LogP) is 2.27. The summed E-state index contributed by atoms with van der Waals surface area (Å²) in [6.07, 6.45) is 8.80. The van der Waals surface area contributed by atoms with Crippen molar-refractivity contribution in [2.45, 2.75) is 52.7 Å². The van der Waals surface area contributed by atoms with Crippen molar-refractivity contribution in [2.24, 2.45) is 11.8 Å². The minimum atomic E-state index is -1.40. The van der Waals surface area contributed by atoms with Crippen LogP contribution in [-0.2, 0) is 25.5 Å². The lowest BCUT2D eigenvalue weighted by Crippen LogP contribution is -2.36. The molecule has 2 aliphatic rings. The third kappa shape index (κ3) is 7.36. The van der Waals surface area contributed by atoms with Gasteiger partial charge < -0.3 is 24.5 Å². The number of cyclic esters (lactones) is 1. The number of ketones is 1. The summed E-state index contributed by atoms with van der Waals surface area (Å²) in [5.41, 5.74) is 0.673. The molecule has 2 N–H and O–H groups in total. The minimum Gasteiger partial charge on any atom is -0.457 e. The highest BCUT2D eigenvalue weighted by molar-refractivity contribution is 6.00. The van der Waals surface area contributed by atoms with E-state index in [0.717, 1.165) is 6.26 Å². The number of allylic oxidation sites excluding steroid dienone is 2. The number of fused-ring (bicyclic) bond motifs is 3. The summed E-state index contributed by atoms with van der Waals surface area (Å²) >= 11 is 0. The van der Waals surface area contributed by atoms with Crippen molar-refractivity contribution in [3.63, 3.8) is 0 Å². The molecule has 37 heavy (non-hydrogen) atoms. The summed E-state index contributed by atoms with van der Waals surface area (Å²) in [6.45, 7) is 7.90. The third-order valence-corrected chi connectivity index (χ3v) is 6.03. The number of carbonyl (C=O) groups excluding carboxylic acids is 4. The zero-order valence-corrected chi connectivity index (χ0v) is 21.5. The van der Waals surface area contributed by atoms with Crippen LogP contribution < -0.4 is 5.32 Å². The van der Waals surface area contributed by atoms with Crippen LogP contribution in [0.2, 0.25) is 0 Å². The van der Waals surface area contributed by atoms with Crippen molar-refractivity contribution in [3.8, 4) is 0 Å². The van der Waals surface area contributed by atoms with Crippen molar-refractivity contribution in [3.05, 3.63) is 65.6 Å². The number of oxazole rings is 1. The number of rotatable bonds is 1. The normalized spacial score (nSPS) is 27.7. The average Bonchev–Trinajstić information content (AvgIpc) is 3.52. The van der Waals surface area contributed by atoms with Gasteiger partial charge in [-0.25, -0.2) is 9.78 Å². The Bertz CT molecular complexity index is 1160. The van der Waals surface area contributed by atoms with E-state index in [4.69, 9.17) is 9.15 Å². The van der Waals surface area contributed by atoms with Gasteiger partial charge in [0.05, 0.1) is 6.42 Å². The fourth-order valence-electron chi connectivity index (χ4n) is 4.09. The first-order valence-corrected chi connectivity index (χ1v) is 12.3. The van der Waals surface area contributed by atoms with Gasteiger partial charge in [0.25, 0.3) is 5.91 Å². The third-order valence-electron chi connectivity index (χ3n) is 6.03. The summed E-state index contributed by atoms with van der Waals surface area (Å²) in [4.78, 5) is 56.2. The lowest BCUT2D eigenvalue weighted by Gasteiger charge is -2.27. The van der Waals surface area contributed by atoms with Gasteiger partial charge in [-0.1, -0.05) is 50.6 Å². The number of hydrogen-bond acceptors (Lipinski definition) is 8. The van der Waals surface area contributed by atoms with E-state index in [1.54, 1.807) is 31.2 Å². The Hall–Kier alpha value is -3.79. The largest absolute Gasteiger partial charge is 0.457 e. The topological polar surface area (TPSA) is 139 Å². The fraction of sp³-hybridized carbons (Fsp3) is 0.444. The molecule has 0 aromatic carbocycles. The molecule has 2 bridgehead atoms. The second kappa shape index (κ2) is 12.4. The number of carbonyl (C=O) groups is 4. The second-order valence-corrected chi connectivity index (χ2v) is 9.44. The molecule has 0 radical (unpaired) electrons. The maximum Gasteiger partial charge on any atom is 0.355 e. The first-order valence-electron chi connectivity index (χ1n) is 12.3. The molecular weight excluding hydrogens is 478 g/mol. The Morgan fingerprint density at radius 1 is 1.19 bits per heavy atom. The van der Waals surface area contributed by atoms with E-state index in [1.165, 1.54) is 17.1 Å². The van der Waals surface area contributed by atoms with E-state index in [2.05, 4.69) is 10.3 Å². The van der Waals surface area contributed by atoms with Gasteiger partial charge in [0, 0.05) is 19.0 Å². The summed E-state index contributed by atoms with van der Waals surface area (Å²) in [5, 5.41) is 12.9. The zero-order valence-electron chi connectivity index (χ0n) is 21.5. The van der Waals surface area contributed by atoms with Gasteiger partial charge in [-0.15, -0.1) is 0 Å². The number of ether oxygens (including phenoxy) is 1. The molecule has 10 nitrogen and oxygen atoms in total. The van der Waals surface area contributed by atoms with E-state index in [9.17, 15) is 24.3 Å². The van der Waals surface area contributed by atoms with Gasteiger partial charge in [0.1, 0.15) is 24.2 Å². The Balaban J connectivity index is 1.90. The number of nitrogens with zero attached hydrogens (tertiary/aromatic N) is 2. The summed E-state index contributed by atoms with van der Waals surface area (Å²) in [7, 11) is 0. The quantitative estimate of drug-likeness (QED) is 0.548. The number of aliphatic hydroxyl groups excluding tert-OH is 1. The molecule has 3 rings (SSSR count). The number of aromatic nitrogens is 1. The fourth-order valence-corrected chi connectivity index (χ4v) is 4.09. The van der Waals surface area contributed by atoms with Crippen molar-refractivity contribution in [1.82, 2.24) is 15.2 Å². The highest BCUT2D eigenvalue weighted by Gasteiger charge is 2.33. The SMILES string of the molecule is CC1=C/[C@@H](O)C(=O)Cc2nc(co2)C(=O)N2CCC=C2C(=O)OC(C(C)C)C(C)/C=C\C(=O)NC/C=C\1. The van der Waals surface area contributed by atoms with Crippen molar-refractivity contribution < 1.29 is 33.4 Å². The van der Waals surface area contributed by atoms with Gasteiger partial charge in [-0.05, 0) is 31.4 Å². The molecule has 0 aliphatic carbocycles. The Labute approximate surface area is 215 Å². The van der Waals surface area contributed by atoms with Crippen LogP contribution in [0.1, 0.15) is 50.5 Å². The van der Waals surface area contributed by atoms with E-state index in [0.29, 0.717) is 12.0 Å². The molecule has 2 unspecified atom stereocenters. The van der Waals surface area contributed by atoms with Crippen LogP contribution >= 0.6 is 0 Å². The predicted molar refractivity (Wildman–Crippen MR) is 134 cm³/mol. The van der Waals surface area contributed by atoms with E-state index in [-0.39, 0.29) is 54.5 Å². The standard InChI is InChI=1S/C27H33N3O7/c1-16(2)25-18(4)9-10-23(33)28-11-5-7-17(3)13-21(31)22(32)14-24-29-19(15-36-24)26(34)30-12-6-8-20(30)27(35)37-25/h5,7-10,13,15-16,18,21,25,31H,6,11-12,14H2,1-4H3,(H,28,33)/b7-5-,10-9-,17-13-/t18?,21-,25?/m1/s1. The van der Waals surface area contributed by atoms with Gasteiger partial charge in [-0.3, -0.25) is 14.4 Å². The number of Topliss-reactive ketones (excluding diaryl/α,β-unsaturated/α-hetero) is 1. The van der Waals surface area contributed by atoms with Crippen molar-refractivity contribution in [1.29, 1.82) is 0 Å². The molecular formula is C27H33N3O7. The molecule has 0 saturated carbocycles. The first-order chi connectivity index (χ1) is 17.6. The van der Waals surface area contributed by atoms with Crippen LogP contribution in [0.3, 0.4) is 0 Å². The van der Waals surface area contributed by atoms with Crippen molar-refractivity contribution >= 4 is 23.6 Å². The summed E-state index contributed by atoms with van der Waals surface area (Å²) in [6, 6.07) is 0. The van der Waals surface area contributed by atoms with Gasteiger partial charge in [0.2, 0.25) is 11.8 Å². The van der Waals surface area contributed by atoms with Crippen molar-refractivity contribution in [2.75, 3.05) is 13.1 Å². The zero-order chi connectivity index (χ0) is 27.1. The lowest BCUT2D eigenvalue weighted by molar-refractivity contribution is -0.149. The van der Waals surface area contributed by atoms with Gasteiger partial charge in [-0.2, -0.15) is 0 Å². The van der Waals surface area contributed by atoms with Crippen LogP contribution in [-0.4, -0.2) is 63.9 Å². The maximum atomic E-state index is 13.1. The molecule has 0 fully saturated rings. The average molecular weight is 512 g/mol. The van der Waals surface area contributed by atoms with Gasteiger partial charge >= 0.3 is 5.97 Å². The minimum absolute atomic E-state index is 0.0216. The molecule has 0 saturated heterocycles. The molecule has 3 heterocycles. The Morgan fingerprint density at radius 3 is 2.68 bits per heavy atom. The Morgan fingerprint density at radius 2 is 1.95 bits per heavy atom. The summed E-state index contributed by atoms with van der Waals surface area (Å²) in [5.74, 6) is -2.42. The van der Waals surface area contributed by atoms with Crippen LogP contribution in [0, 0.1) is 11.8 Å². The smallest absolute Gasteiger partial charge is 0.355 e. The molecule has 2 amide bonds. The number of aliphatic hydroxyl groups is 1. The molecule has 2 aliphatic heterocycles. The molecule has 3 atom stereocenters. The number of nitrogens with one attached hydrogen (secondary N) is 1. The van der Waals surface area contributed by atoms with E-state index >= 15 is 0 Å². The van der Waals surface area contributed by atoms with Crippen LogP contribution in [0.15, 0.2) is 58.4 Å². The molecule has 1 aromatic heterocycles. The van der Waals surface area contributed by atoms with Crippen LogP contribution in [0.25, 0.3) is 0 Å².